The van der Waals surface area contributed by atoms with Crippen molar-refractivity contribution in [3.63, 3.8) is 0 Å². The highest BCUT2D eigenvalue weighted by molar-refractivity contribution is 9.10. The first-order valence-electron chi connectivity index (χ1n) is 7.19. The van der Waals surface area contributed by atoms with Crippen LogP contribution < -0.4 is 5.32 Å². The first-order valence-corrected chi connectivity index (χ1v) is 7.98. The van der Waals surface area contributed by atoms with Crippen LogP contribution in [-0.4, -0.2) is 47.2 Å². The van der Waals surface area contributed by atoms with Gasteiger partial charge in [-0.2, -0.15) is 0 Å². The third-order valence-corrected chi connectivity index (χ3v) is 4.10. The number of nitrogens with zero attached hydrogens (tertiary/aromatic N) is 3. The number of urea groups is 1. The van der Waals surface area contributed by atoms with Gasteiger partial charge in [-0.15, -0.1) is 0 Å². The van der Waals surface area contributed by atoms with Gasteiger partial charge in [0.1, 0.15) is 0 Å². The number of ether oxygens (including phenoxy) is 1. The fraction of sp³-hybridized carbons (Fsp3) is 0.400. The average Bonchev–Trinajstić information content (AvgIpc) is 2.54. The largest absolute Gasteiger partial charge is 0.378 e. The smallest absolute Gasteiger partial charge is 0.318 e. The molecular weight excluding hydrogens is 348 g/mol. The number of fused-ring (bicyclic) bond motifs is 1. The number of carbonyl (C=O) groups is 1. The molecule has 1 aromatic heterocycles. The molecule has 1 aliphatic heterocycles. The number of benzene rings is 1. The number of morpholine rings is 1. The molecule has 0 bridgehead atoms. The number of aromatic nitrogens is 2. The van der Waals surface area contributed by atoms with Crippen molar-refractivity contribution in [2.45, 2.75) is 13.0 Å². The lowest BCUT2D eigenvalue weighted by Gasteiger charge is -2.28. The van der Waals surface area contributed by atoms with Crippen molar-refractivity contribution >= 4 is 33.0 Å². The molecule has 0 aliphatic carbocycles. The van der Waals surface area contributed by atoms with Crippen molar-refractivity contribution in [2.75, 3.05) is 26.3 Å². The minimum Gasteiger partial charge on any atom is -0.378 e. The van der Waals surface area contributed by atoms with Crippen LogP contribution in [0.1, 0.15) is 18.7 Å². The first-order chi connectivity index (χ1) is 10.6. The van der Waals surface area contributed by atoms with Crippen LogP contribution in [0.2, 0.25) is 0 Å². The number of amides is 2. The van der Waals surface area contributed by atoms with Gasteiger partial charge in [0.15, 0.2) is 0 Å². The van der Waals surface area contributed by atoms with E-state index in [0.29, 0.717) is 26.3 Å². The molecule has 1 unspecified atom stereocenters. The van der Waals surface area contributed by atoms with E-state index >= 15 is 0 Å². The van der Waals surface area contributed by atoms with Crippen LogP contribution in [-0.2, 0) is 4.74 Å². The maximum absolute atomic E-state index is 12.2. The Morgan fingerprint density at radius 2 is 2.14 bits per heavy atom. The van der Waals surface area contributed by atoms with Crippen molar-refractivity contribution in [3.8, 4) is 0 Å². The topological polar surface area (TPSA) is 67.4 Å². The molecule has 1 N–H and O–H groups in total. The average molecular weight is 365 g/mol. The molecule has 6 nitrogen and oxygen atoms in total. The number of nitrogens with one attached hydrogen (secondary N) is 1. The van der Waals surface area contributed by atoms with Crippen molar-refractivity contribution < 1.29 is 9.53 Å². The predicted octanol–water partition coefficient (Wildman–Crippen LogP) is 2.50. The quantitative estimate of drug-likeness (QED) is 0.888. The van der Waals surface area contributed by atoms with E-state index in [0.717, 1.165) is 21.2 Å². The molecule has 1 aliphatic rings. The second kappa shape index (κ2) is 6.58. The molecule has 1 atom stereocenters. The highest BCUT2D eigenvalue weighted by Crippen LogP contribution is 2.18. The van der Waals surface area contributed by atoms with Crippen LogP contribution in [0.25, 0.3) is 11.0 Å². The normalized spacial score (nSPS) is 16.5. The summed E-state index contributed by atoms with van der Waals surface area (Å²) in [6.45, 7) is 4.33. The fourth-order valence-electron chi connectivity index (χ4n) is 2.32. The number of halogens is 1. The third kappa shape index (κ3) is 3.36. The summed E-state index contributed by atoms with van der Waals surface area (Å²) in [7, 11) is 0. The Bertz CT molecular complexity index is 688. The summed E-state index contributed by atoms with van der Waals surface area (Å²) < 4.78 is 6.21. The Morgan fingerprint density at radius 3 is 2.91 bits per heavy atom. The molecule has 0 saturated carbocycles. The zero-order valence-electron chi connectivity index (χ0n) is 12.3. The first kappa shape index (κ1) is 15.2. The number of carbonyl (C=O) groups excluding carboxylic acids is 1. The monoisotopic (exact) mass is 364 g/mol. The Hall–Kier alpha value is -1.73. The second-order valence-electron chi connectivity index (χ2n) is 5.20. The molecule has 2 heterocycles. The highest BCUT2D eigenvalue weighted by Gasteiger charge is 2.19. The Morgan fingerprint density at radius 1 is 1.36 bits per heavy atom. The maximum Gasteiger partial charge on any atom is 0.318 e. The summed E-state index contributed by atoms with van der Waals surface area (Å²) in [5, 5.41) is 2.96. The van der Waals surface area contributed by atoms with E-state index in [2.05, 4.69) is 31.2 Å². The van der Waals surface area contributed by atoms with E-state index in [-0.39, 0.29) is 12.1 Å². The van der Waals surface area contributed by atoms with Gasteiger partial charge in [0.05, 0.1) is 42.2 Å². The molecule has 3 rings (SSSR count). The standard InChI is InChI=1S/C15H17BrN4O2/c1-10(18-15(21)20-4-6-22-7-5-20)14-9-17-12-3-2-11(16)8-13(12)19-14/h2-3,8-10H,4-7H2,1H3,(H,18,21). The lowest BCUT2D eigenvalue weighted by atomic mass is 10.2. The van der Waals surface area contributed by atoms with Crippen LogP contribution in [0.5, 0.6) is 0 Å². The van der Waals surface area contributed by atoms with E-state index in [4.69, 9.17) is 4.74 Å². The summed E-state index contributed by atoms with van der Waals surface area (Å²) >= 11 is 3.43. The van der Waals surface area contributed by atoms with Crippen molar-refractivity contribution in [1.29, 1.82) is 0 Å². The third-order valence-electron chi connectivity index (χ3n) is 3.60. The molecule has 1 fully saturated rings. The number of rotatable bonds is 2. The van der Waals surface area contributed by atoms with Crippen LogP contribution in [0.15, 0.2) is 28.9 Å². The molecular formula is C15H17BrN4O2. The van der Waals surface area contributed by atoms with Gasteiger partial charge < -0.3 is 15.0 Å². The number of hydrogen-bond donors (Lipinski definition) is 1. The van der Waals surface area contributed by atoms with Crippen molar-refractivity contribution in [3.05, 3.63) is 34.6 Å². The zero-order chi connectivity index (χ0) is 15.5. The van der Waals surface area contributed by atoms with Gasteiger partial charge in [-0.3, -0.25) is 4.98 Å². The van der Waals surface area contributed by atoms with Gasteiger partial charge in [-0.05, 0) is 25.1 Å². The van der Waals surface area contributed by atoms with Crippen molar-refractivity contribution in [2.24, 2.45) is 0 Å². The zero-order valence-corrected chi connectivity index (χ0v) is 13.8. The van der Waals surface area contributed by atoms with Crippen LogP contribution in [0.4, 0.5) is 4.79 Å². The molecule has 116 valence electrons. The summed E-state index contributed by atoms with van der Waals surface area (Å²) in [5.41, 5.74) is 2.38. The summed E-state index contributed by atoms with van der Waals surface area (Å²) in [6, 6.07) is 5.47. The van der Waals surface area contributed by atoms with E-state index in [1.165, 1.54) is 0 Å². The Kier molecular flexibility index (Phi) is 4.54. The molecule has 0 radical (unpaired) electrons. The van der Waals surface area contributed by atoms with Gasteiger partial charge in [0.2, 0.25) is 0 Å². The molecule has 2 aromatic rings. The van der Waals surface area contributed by atoms with Crippen LogP contribution >= 0.6 is 15.9 Å². The molecule has 1 aromatic carbocycles. The molecule has 1 saturated heterocycles. The fourth-order valence-corrected chi connectivity index (χ4v) is 2.67. The lowest BCUT2D eigenvalue weighted by Crippen LogP contribution is -2.46. The van der Waals surface area contributed by atoms with E-state index in [1.54, 1.807) is 11.1 Å². The van der Waals surface area contributed by atoms with Gasteiger partial charge >= 0.3 is 6.03 Å². The Balaban J connectivity index is 1.73. The lowest BCUT2D eigenvalue weighted by molar-refractivity contribution is 0.0526. The minimum atomic E-state index is -0.203. The van der Waals surface area contributed by atoms with Crippen LogP contribution in [0, 0.1) is 0 Å². The summed E-state index contributed by atoms with van der Waals surface area (Å²) in [6.07, 6.45) is 1.71. The minimum absolute atomic E-state index is 0.0908. The van der Waals surface area contributed by atoms with E-state index < -0.39 is 0 Å². The molecule has 2 amide bonds. The summed E-state index contributed by atoms with van der Waals surface area (Å²) in [4.78, 5) is 22.9. The van der Waals surface area contributed by atoms with Gasteiger partial charge in [0.25, 0.3) is 0 Å². The summed E-state index contributed by atoms with van der Waals surface area (Å²) in [5.74, 6) is 0. The van der Waals surface area contributed by atoms with E-state index in [9.17, 15) is 4.79 Å². The SMILES string of the molecule is CC(NC(=O)N1CCOCC1)c1cnc2ccc(Br)cc2n1. The highest BCUT2D eigenvalue weighted by atomic mass is 79.9. The molecule has 7 heteroatoms. The number of hydrogen-bond acceptors (Lipinski definition) is 4. The van der Waals surface area contributed by atoms with Gasteiger partial charge in [-0.1, -0.05) is 15.9 Å². The van der Waals surface area contributed by atoms with Gasteiger partial charge in [0, 0.05) is 17.6 Å². The van der Waals surface area contributed by atoms with E-state index in [1.807, 2.05) is 25.1 Å². The molecule has 22 heavy (non-hydrogen) atoms. The molecule has 0 spiro atoms. The second-order valence-corrected chi connectivity index (χ2v) is 6.11. The predicted molar refractivity (Wildman–Crippen MR) is 86.6 cm³/mol. The van der Waals surface area contributed by atoms with Gasteiger partial charge in [-0.25, -0.2) is 9.78 Å². The Labute approximate surface area is 137 Å². The maximum atomic E-state index is 12.2. The van der Waals surface area contributed by atoms with Crippen LogP contribution in [0.3, 0.4) is 0 Å². The van der Waals surface area contributed by atoms with Crippen molar-refractivity contribution in [1.82, 2.24) is 20.2 Å².